The minimum Gasteiger partial charge on any atom is -0.491 e. The highest BCUT2D eigenvalue weighted by molar-refractivity contribution is 5.94. The van der Waals surface area contributed by atoms with E-state index in [0.717, 1.165) is 42.9 Å². The Morgan fingerprint density at radius 3 is 2.51 bits per heavy atom. The van der Waals surface area contributed by atoms with Gasteiger partial charge in [0, 0.05) is 29.1 Å². The van der Waals surface area contributed by atoms with Crippen molar-refractivity contribution in [3.63, 3.8) is 0 Å². The first-order valence-electron chi connectivity index (χ1n) is 12.1. The van der Waals surface area contributed by atoms with Crippen molar-refractivity contribution < 1.29 is 33.2 Å². The van der Waals surface area contributed by atoms with Gasteiger partial charge in [0.25, 0.3) is 0 Å². The molecule has 4 rings (SSSR count). The van der Waals surface area contributed by atoms with Crippen LogP contribution >= 0.6 is 0 Å². The van der Waals surface area contributed by atoms with E-state index in [-0.39, 0.29) is 6.29 Å². The molecule has 0 saturated carbocycles. The molecule has 3 N–H and O–H groups in total. The topological polar surface area (TPSA) is 111 Å². The zero-order valence-electron chi connectivity index (χ0n) is 20.1. The number of carbonyl (C=O) groups excluding carboxylic acids is 1. The van der Waals surface area contributed by atoms with Gasteiger partial charge in [-0.15, -0.1) is 0 Å². The maximum Gasteiger partial charge on any atom is 0.248 e. The summed E-state index contributed by atoms with van der Waals surface area (Å²) in [6.07, 6.45) is 3.12. The average molecular weight is 487 g/mol. The number of anilines is 2. The van der Waals surface area contributed by atoms with Crippen molar-refractivity contribution in [2.45, 2.75) is 38.3 Å². The summed E-state index contributed by atoms with van der Waals surface area (Å²) in [5.41, 5.74) is 8.18. The first kappa shape index (κ1) is 25.4. The van der Waals surface area contributed by atoms with Gasteiger partial charge >= 0.3 is 0 Å². The van der Waals surface area contributed by atoms with E-state index >= 15 is 0 Å². The minimum absolute atomic E-state index is 0.0915. The Hall–Kier alpha value is -2.69. The molecule has 35 heavy (non-hydrogen) atoms. The van der Waals surface area contributed by atoms with Crippen LogP contribution in [0.15, 0.2) is 42.5 Å². The van der Waals surface area contributed by atoms with Gasteiger partial charge in [0.1, 0.15) is 12.4 Å². The third kappa shape index (κ3) is 7.16. The molecule has 0 aliphatic carbocycles. The summed E-state index contributed by atoms with van der Waals surface area (Å²) >= 11 is 0. The normalized spacial score (nSPS) is 19.4. The zero-order valence-corrected chi connectivity index (χ0v) is 20.1. The number of ether oxygens (including phenoxy) is 6. The predicted molar refractivity (Wildman–Crippen MR) is 130 cm³/mol. The number of amides is 1. The molecule has 2 aliphatic heterocycles. The second kappa shape index (κ2) is 12.3. The van der Waals surface area contributed by atoms with Crippen LogP contribution in [0.1, 0.15) is 42.1 Å². The lowest BCUT2D eigenvalue weighted by Gasteiger charge is -2.26. The summed E-state index contributed by atoms with van der Waals surface area (Å²) in [6.45, 7) is 5.57. The van der Waals surface area contributed by atoms with Crippen molar-refractivity contribution in [3.05, 3.63) is 53.6 Å². The van der Waals surface area contributed by atoms with E-state index in [2.05, 4.69) is 5.32 Å². The quantitative estimate of drug-likeness (QED) is 0.437. The van der Waals surface area contributed by atoms with Gasteiger partial charge in [0.15, 0.2) is 12.1 Å². The third-order valence-corrected chi connectivity index (χ3v) is 5.93. The van der Waals surface area contributed by atoms with Crippen molar-refractivity contribution >= 4 is 17.3 Å². The number of rotatable bonds is 12. The van der Waals surface area contributed by atoms with E-state index in [9.17, 15) is 4.79 Å². The molecular formula is C26H34N2O7. The Morgan fingerprint density at radius 2 is 1.80 bits per heavy atom. The van der Waals surface area contributed by atoms with Gasteiger partial charge in [-0.3, -0.25) is 4.79 Å². The number of hydrogen-bond donors (Lipinski definition) is 2. The van der Waals surface area contributed by atoms with E-state index in [1.807, 2.05) is 31.2 Å². The lowest BCUT2D eigenvalue weighted by Crippen LogP contribution is -2.24. The maximum atomic E-state index is 11.7. The van der Waals surface area contributed by atoms with Gasteiger partial charge in [0.2, 0.25) is 5.91 Å². The van der Waals surface area contributed by atoms with Crippen LogP contribution in [0.5, 0.6) is 5.75 Å². The average Bonchev–Trinajstić information content (AvgIpc) is 3.32. The van der Waals surface area contributed by atoms with E-state index < -0.39 is 11.7 Å². The largest absolute Gasteiger partial charge is 0.491 e. The molecule has 0 bridgehead atoms. The summed E-state index contributed by atoms with van der Waals surface area (Å²) in [4.78, 5) is 11.7. The molecule has 0 spiro atoms. The molecule has 2 aromatic rings. The molecular weight excluding hydrogens is 452 g/mol. The highest BCUT2D eigenvalue weighted by Gasteiger charge is 2.35. The van der Waals surface area contributed by atoms with Crippen molar-refractivity contribution in [2.24, 2.45) is 5.73 Å². The van der Waals surface area contributed by atoms with Crippen LogP contribution in [0.4, 0.5) is 11.4 Å². The molecule has 2 aliphatic rings. The summed E-state index contributed by atoms with van der Waals surface area (Å²) in [7, 11) is 0. The summed E-state index contributed by atoms with van der Waals surface area (Å²) in [6, 6.07) is 12.7. The van der Waals surface area contributed by atoms with Crippen LogP contribution in [0.3, 0.4) is 0 Å². The second-order valence-corrected chi connectivity index (χ2v) is 8.54. The molecule has 1 unspecified atom stereocenters. The van der Waals surface area contributed by atoms with Crippen LogP contribution in [0.2, 0.25) is 0 Å². The highest BCUT2D eigenvalue weighted by atomic mass is 16.7. The SMILES string of the molecule is CC1(c2ccc(C(N)=O)cc2Nc2ccc(OCCOCCOC3CCCCO3)cc2)OCCO1. The lowest BCUT2D eigenvalue weighted by atomic mass is 10.0. The summed E-state index contributed by atoms with van der Waals surface area (Å²) < 4.78 is 34.1. The Balaban J connectivity index is 1.25. The number of benzene rings is 2. The molecule has 9 nitrogen and oxygen atoms in total. The number of nitrogens with two attached hydrogens (primary N) is 1. The lowest BCUT2D eigenvalue weighted by molar-refractivity contribution is -0.169. The molecule has 1 atom stereocenters. The fourth-order valence-electron chi connectivity index (χ4n) is 4.06. The first-order chi connectivity index (χ1) is 17.0. The Bertz CT molecular complexity index is 955. The zero-order chi connectivity index (χ0) is 24.5. The van der Waals surface area contributed by atoms with Gasteiger partial charge in [-0.25, -0.2) is 0 Å². The Morgan fingerprint density at radius 1 is 1.03 bits per heavy atom. The van der Waals surface area contributed by atoms with Crippen molar-refractivity contribution in [3.8, 4) is 5.75 Å². The highest BCUT2D eigenvalue weighted by Crippen LogP contribution is 2.37. The predicted octanol–water partition coefficient (Wildman–Crippen LogP) is 3.69. The molecule has 2 heterocycles. The van der Waals surface area contributed by atoms with E-state index in [4.69, 9.17) is 34.2 Å². The summed E-state index contributed by atoms with van der Waals surface area (Å²) in [5, 5.41) is 3.34. The van der Waals surface area contributed by atoms with Crippen LogP contribution in [0, 0.1) is 0 Å². The smallest absolute Gasteiger partial charge is 0.248 e. The standard InChI is InChI=1S/C26H34N2O7/c1-26(34-16-17-35-26)22-10-5-19(25(27)29)18-23(22)28-20-6-8-21(9-7-20)31-14-12-30-13-15-33-24-4-2-3-11-32-24/h5-10,18,24,28H,2-4,11-17H2,1H3,(H2,27,29). The van der Waals surface area contributed by atoms with Crippen molar-refractivity contribution in [1.82, 2.24) is 0 Å². The second-order valence-electron chi connectivity index (χ2n) is 8.54. The monoisotopic (exact) mass is 486 g/mol. The molecule has 1 amide bonds. The van der Waals surface area contributed by atoms with E-state index in [1.54, 1.807) is 18.2 Å². The minimum atomic E-state index is -0.893. The van der Waals surface area contributed by atoms with Crippen LogP contribution < -0.4 is 15.8 Å². The Labute approximate surface area is 205 Å². The molecule has 2 fully saturated rings. The van der Waals surface area contributed by atoms with Gasteiger partial charge < -0.3 is 39.5 Å². The van der Waals surface area contributed by atoms with Gasteiger partial charge in [-0.1, -0.05) is 6.07 Å². The number of nitrogens with one attached hydrogen (secondary N) is 1. The maximum absolute atomic E-state index is 11.7. The van der Waals surface area contributed by atoms with E-state index in [1.165, 1.54) is 0 Å². The van der Waals surface area contributed by atoms with Gasteiger partial charge in [-0.2, -0.15) is 0 Å². The Kier molecular flexibility index (Phi) is 8.95. The first-order valence-corrected chi connectivity index (χ1v) is 12.1. The van der Waals surface area contributed by atoms with Crippen molar-refractivity contribution in [1.29, 1.82) is 0 Å². The number of carbonyl (C=O) groups is 1. The fraction of sp³-hybridized carbons (Fsp3) is 0.500. The molecule has 0 radical (unpaired) electrons. The van der Waals surface area contributed by atoms with Crippen LogP contribution in [0.25, 0.3) is 0 Å². The van der Waals surface area contributed by atoms with Gasteiger partial charge in [-0.05, 0) is 62.6 Å². The van der Waals surface area contributed by atoms with Gasteiger partial charge in [0.05, 0.1) is 33.0 Å². The van der Waals surface area contributed by atoms with Crippen LogP contribution in [-0.4, -0.2) is 58.4 Å². The fourth-order valence-corrected chi connectivity index (χ4v) is 4.06. The number of primary amides is 1. The van der Waals surface area contributed by atoms with E-state index in [0.29, 0.717) is 50.9 Å². The molecule has 2 saturated heterocycles. The molecule has 0 aromatic heterocycles. The molecule has 2 aromatic carbocycles. The summed E-state index contributed by atoms with van der Waals surface area (Å²) in [5.74, 6) is -0.667. The van der Waals surface area contributed by atoms with Crippen molar-refractivity contribution in [2.75, 3.05) is 51.6 Å². The molecule has 190 valence electrons. The van der Waals surface area contributed by atoms with Crippen LogP contribution in [-0.2, 0) is 29.5 Å². The number of hydrogen-bond acceptors (Lipinski definition) is 8. The third-order valence-electron chi connectivity index (χ3n) is 5.93. The molecule has 9 heteroatoms.